The van der Waals surface area contributed by atoms with E-state index < -0.39 is 0 Å². The number of rotatable bonds is 4. The molecule has 2 atom stereocenters. The van der Waals surface area contributed by atoms with E-state index in [4.69, 9.17) is 0 Å². The molecule has 2 heterocycles. The molecule has 1 N–H and O–H groups in total. The van der Waals surface area contributed by atoms with Gasteiger partial charge in [0, 0.05) is 11.6 Å². The van der Waals surface area contributed by atoms with E-state index in [1.54, 1.807) is 11.3 Å². The van der Waals surface area contributed by atoms with E-state index in [1.165, 1.54) is 5.56 Å². The average molecular weight is 303 g/mol. The summed E-state index contributed by atoms with van der Waals surface area (Å²) < 4.78 is 0. The van der Waals surface area contributed by atoms with Crippen molar-refractivity contribution in [3.63, 3.8) is 0 Å². The zero-order valence-corrected chi connectivity index (χ0v) is 13.0. The first kappa shape index (κ1) is 13.6. The van der Waals surface area contributed by atoms with Crippen LogP contribution in [-0.2, 0) is 0 Å². The minimum Gasteiger partial charge on any atom is -0.356 e. The van der Waals surface area contributed by atoms with Gasteiger partial charge in [-0.25, -0.2) is 4.98 Å². The molecule has 1 aliphatic rings. The smallest absolute Gasteiger partial charge is 0.157 e. The Morgan fingerprint density at radius 2 is 2.20 bits per heavy atom. The molecule has 0 radical (unpaired) electrons. The van der Waals surface area contributed by atoms with Gasteiger partial charge in [0.25, 0.3) is 0 Å². The lowest BCUT2D eigenvalue weighted by molar-refractivity contribution is 0.625. The molecule has 1 aliphatic heterocycles. The number of hydrogen-bond donors (Lipinski definition) is 1. The summed E-state index contributed by atoms with van der Waals surface area (Å²) in [5, 5.41) is 8.17. The normalized spacial score (nSPS) is 19.6. The minimum atomic E-state index is 0.274. The summed E-state index contributed by atoms with van der Waals surface area (Å²) in [6, 6.07) is 10.9. The van der Waals surface area contributed by atoms with Gasteiger partial charge in [0.2, 0.25) is 0 Å². The Bertz CT molecular complexity index is 566. The molecular formula is C15H17N3S2. The number of nitrogens with zero attached hydrogens (tertiary/aromatic N) is 2. The van der Waals surface area contributed by atoms with Gasteiger partial charge in [-0.15, -0.1) is 11.3 Å². The van der Waals surface area contributed by atoms with Gasteiger partial charge in [0.05, 0.1) is 17.8 Å². The molecule has 5 heteroatoms. The zero-order chi connectivity index (χ0) is 13.8. The van der Waals surface area contributed by atoms with Crippen molar-refractivity contribution in [2.45, 2.75) is 24.6 Å². The molecule has 20 heavy (non-hydrogen) atoms. The molecule has 0 amide bonds. The Kier molecular flexibility index (Phi) is 4.38. The van der Waals surface area contributed by atoms with Gasteiger partial charge in [-0.2, -0.15) is 0 Å². The lowest BCUT2D eigenvalue weighted by atomic mass is 10.1. The number of amidine groups is 1. The number of thiazole rings is 1. The van der Waals surface area contributed by atoms with Crippen molar-refractivity contribution in [2.75, 3.05) is 6.54 Å². The molecule has 0 spiro atoms. The van der Waals surface area contributed by atoms with E-state index in [-0.39, 0.29) is 6.04 Å². The first-order valence-corrected chi connectivity index (χ1v) is 8.54. The predicted octanol–water partition coefficient (Wildman–Crippen LogP) is 4.03. The molecular weight excluding hydrogens is 286 g/mol. The first-order chi connectivity index (χ1) is 9.86. The molecule has 3 rings (SSSR count). The Labute approximate surface area is 127 Å². The van der Waals surface area contributed by atoms with E-state index in [2.05, 4.69) is 52.5 Å². The van der Waals surface area contributed by atoms with Crippen LogP contribution in [0.3, 0.4) is 0 Å². The summed E-state index contributed by atoms with van der Waals surface area (Å²) in [7, 11) is 0. The Morgan fingerprint density at radius 1 is 1.35 bits per heavy atom. The van der Waals surface area contributed by atoms with Crippen LogP contribution in [0.2, 0.25) is 0 Å². The summed E-state index contributed by atoms with van der Waals surface area (Å²) in [6.45, 7) is 3.03. The van der Waals surface area contributed by atoms with Crippen LogP contribution in [0.4, 0.5) is 0 Å². The van der Waals surface area contributed by atoms with Crippen LogP contribution < -0.4 is 5.32 Å². The van der Waals surface area contributed by atoms with E-state index in [0.717, 1.165) is 23.1 Å². The van der Waals surface area contributed by atoms with Crippen molar-refractivity contribution in [1.82, 2.24) is 10.3 Å². The van der Waals surface area contributed by atoms with E-state index in [0.29, 0.717) is 5.25 Å². The van der Waals surface area contributed by atoms with E-state index in [9.17, 15) is 0 Å². The number of aliphatic imine (C=N–C) groups is 1. The summed E-state index contributed by atoms with van der Waals surface area (Å²) in [5.41, 5.74) is 1.35. The standard InChI is InChI=1S/C15H17N3S2/c1-2-12(14-16-8-9-19-14)18-15-17-10-13(20-15)11-6-4-3-5-7-11/h3-9,12-13H,2,10H2,1H3,(H,17,18). The first-order valence-electron chi connectivity index (χ1n) is 6.78. The van der Waals surface area contributed by atoms with E-state index in [1.807, 2.05) is 23.3 Å². The molecule has 0 saturated carbocycles. The molecule has 0 fully saturated rings. The molecule has 104 valence electrons. The third-order valence-electron chi connectivity index (χ3n) is 3.28. The second kappa shape index (κ2) is 6.41. The third-order valence-corrected chi connectivity index (χ3v) is 5.35. The Hall–Kier alpha value is -1.33. The van der Waals surface area contributed by atoms with Gasteiger partial charge in [-0.05, 0) is 12.0 Å². The van der Waals surface area contributed by atoms with Crippen LogP contribution in [-0.4, -0.2) is 16.7 Å². The molecule has 3 nitrogen and oxygen atoms in total. The lowest BCUT2D eigenvalue weighted by Gasteiger charge is -2.16. The maximum atomic E-state index is 4.64. The fourth-order valence-electron chi connectivity index (χ4n) is 2.19. The molecule has 2 unspecified atom stereocenters. The highest BCUT2D eigenvalue weighted by Gasteiger charge is 2.23. The number of benzene rings is 1. The summed E-state index contributed by atoms with van der Waals surface area (Å²) in [6.07, 6.45) is 2.88. The second-order valence-electron chi connectivity index (χ2n) is 4.64. The maximum absolute atomic E-state index is 4.64. The Morgan fingerprint density at radius 3 is 2.90 bits per heavy atom. The van der Waals surface area contributed by atoms with Gasteiger partial charge < -0.3 is 5.32 Å². The van der Waals surface area contributed by atoms with Gasteiger partial charge in [-0.3, -0.25) is 4.99 Å². The van der Waals surface area contributed by atoms with Crippen molar-refractivity contribution in [1.29, 1.82) is 0 Å². The van der Waals surface area contributed by atoms with Crippen LogP contribution in [0, 0.1) is 0 Å². The van der Waals surface area contributed by atoms with Crippen molar-refractivity contribution in [3.05, 3.63) is 52.5 Å². The van der Waals surface area contributed by atoms with Gasteiger partial charge >= 0.3 is 0 Å². The molecule has 0 aliphatic carbocycles. The summed E-state index contributed by atoms with van der Waals surface area (Å²) in [5.74, 6) is 0. The molecule has 0 saturated heterocycles. The van der Waals surface area contributed by atoms with Crippen LogP contribution in [0.5, 0.6) is 0 Å². The lowest BCUT2D eigenvalue weighted by Crippen LogP contribution is -2.24. The average Bonchev–Trinajstić information content (AvgIpc) is 3.17. The summed E-state index contributed by atoms with van der Waals surface area (Å²) >= 11 is 3.52. The highest BCUT2D eigenvalue weighted by Crippen LogP contribution is 2.35. The van der Waals surface area contributed by atoms with Gasteiger partial charge in [0.15, 0.2) is 5.17 Å². The van der Waals surface area contributed by atoms with Crippen molar-refractivity contribution in [2.24, 2.45) is 4.99 Å². The second-order valence-corrected chi connectivity index (χ2v) is 6.76. The molecule has 0 bridgehead atoms. The van der Waals surface area contributed by atoms with Gasteiger partial charge in [0.1, 0.15) is 5.01 Å². The number of aromatic nitrogens is 1. The Balaban J connectivity index is 1.63. The van der Waals surface area contributed by atoms with Crippen LogP contribution in [0.15, 0.2) is 46.9 Å². The van der Waals surface area contributed by atoms with Crippen molar-refractivity contribution < 1.29 is 0 Å². The van der Waals surface area contributed by atoms with Crippen LogP contribution in [0.1, 0.15) is 35.2 Å². The van der Waals surface area contributed by atoms with Crippen LogP contribution >= 0.6 is 23.1 Å². The molecule has 1 aromatic heterocycles. The molecule has 1 aromatic carbocycles. The van der Waals surface area contributed by atoms with Crippen molar-refractivity contribution in [3.8, 4) is 0 Å². The van der Waals surface area contributed by atoms with Crippen molar-refractivity contribution >= 4 is 28.3 Å². The topological polar surface area (TPSA) is 37.3 Å². The number of hydrogen-bond acceptors (Lipinski definition) is 5. The fraction of sp³-hybridized carbons (Fsp3) is 0.333. The largest absolute Gasteiger partial charge is 0.356 e. The number of thioether (sulfide) groups is 1. The third kappa shape index (κ3) is 3.04. The fourth-order valence-corrected chi connectivity index (χ4v) is 4.03. The maximum Gasteiger partial charge on any atom is 0.157 e. The SMILES string of the molecule is CCC(NC1=NCC(c2ccccc2)S1)c1nccs1. The minimum absolute atomic E-state index is 0.274. The van der Waals surface area contributed by atoms with Crippen LogP contribution in [0.25, 0.3) is 0 Å². The van der Waals surface area contributed by atoms with Gasteiger partial charge in [-0.1, -0.05) is 49.0 Å². The predicted molar refractivity (Wildman–Crippen MR) is 87.4 cm³/mol. The highest BCUT2D eigenvalue weighted by molar-refractivity contribution is 8.14. The quantitative estimate of drug-likeness (QED) is 0.926. The zero-order valence-electron chi connectivity index (χ0n) is 11.3. The highest BCUT2D eigenvalue weighted by atomic mass is 32.2. The molecule has 2 aromatic rings. The number of nitrogens with one attached hydrogen (secondary N) is 1. The monoisotopic (exact) mass is 303 g/mol. The summed E-state index contributed by atoms with van der Waals surface area (Å²) in [4.78, 5) is 9.03. The van der Waals surface area contributed by atoms with E-state index >= 15 is 0 Å².